The molecule has 0 spiro atoms. The minimum absolute atomic E-state index is 0.425. The Hall–Kier alpha value is -2.98. The van der Waals surface area contributed by atoms with Crippen molar-refractivity contribution in [1.29, 1.82) is 0 Å². The summed E-state index contributed by atoms with van der Waals surface area (Å²) in [4.78, 5) is 13.1. The van der Waals surface area contributed by atoms with Gasteiger partial charge in [-0.15, -0.1) is 0 Å². The Labute approximate surface area is 144 Å². The number of nitrogens with two attached hydrogens (primary N) is 1. The molecule has 0 bridgehead atoms. The van der Waals surface area contributed by atoms with Gasteiger partial charge in [0.2, 0.25) is 0 Å². The molecule has 4 nitrogen and oxygen atoms in total. The van der Waals surface area contributed by atoms with Gasteiger partial charge < -0.3 is 5.73 Å². The lowest BCUT2D eigenvalue weighted by molar-refractivity contribution is 1.19. The van der Waals surface area contributed by atoms with Crippen molar-refractivity contribution >= 4 is 28.5 Å². The second-order valence-electron chi connectivity index (χ2n) is 5.39. The molecular formula is C19H13ClN4. The summed E-state index contributed by atoms with van der Waals surface area (Å²) in [5.41, 5.74) is 10.5. The maximum absolute atomic E-state index is 6.09. The van der Waals surface area contributed by atoms with Gasteiger partial charge in [0, 0.05) is 10.6 Å². The van der Waals surface area contributed by atoms with Crippen LogP contribution in [0.25, 0.3) is 33.4 Å². The van der Waals surface area contributed by atoms with Gasteiger partial charge in [0.25, 0.3) is 0 Å². The standard InChI is InChI=1S/C19H13ClN4/c20-14-8-6-13(7-9-14)16-10-15(12-4-2-1-3-5-12)17-18(21)22-11-23-19(17)24-16/h1-11H,(H2,21,22,23,24). The number of benzene rings is 2. The zero-order chi connectivity index (χ0) is 16.5. The maximum atomic E-state index is 6.09. The van der Waals surface area contributed by atoms with Crippen LogP contribution in [0, 0.1) is 0 Å². The van der Waals surface area contributed by atoms with Crippen molar-refractivity contribution in [2.24, 2.45) is 0 Å². The van der Waals surface area contributed by atoms with Crippen molar-refractivity contribution in [3.8, 4) is 22.4 Å². The molecule has 0 saturated heterocycles. The van der Waals surface area contributed by atoms with Crippen molar-refractivity contribution in [2.45, 2.75) is 0 Å². The topological polar surface area (TPSA) is 64.7 Å². The summed E-state index contributed by atoms with van der Waals surface area (Å²) in [5.74, 6) is 0.425. The van der Waals surface area contributed by atoms with Crippen molar-refractivity contribution in [3.63, 3.8) is 0 Å². The quantitative estimate of drug-likeness (QED) is 0.583. The van der Waals surface area contributed by atoms with Crippen LogP contribution in [-0.2, 0) is 0 Å². The molecule has 0 aliphatic heterocycles. The Morgan fingerprint density at radius 2 is 1.58 bits per heavy atom. The van der Waals surface area contributed by atoms with Crippen molar-refractivity contribution in [1.82, 2.24) is 15.0 Å². The lowest BCUT2D eigenvalue weighted by Gasteiger charge is -2.11. The van der Waals surface area contributed by atoms with Gasteiger partial charge in [0.05, 0.1) is 11.1 Å². The Kier molecular flexibility index (Phi) is 3.59. The van der Waals surface area contributed by atoms with E-state index in [1.165, 1.54) is 6.33 Å². The summed E-state index contributed by atoms with van der Waals surface area (Å²) in [6.07, 6.45) is 1.44. The maximum Gasteiger partial charge on any atom is 0.165 e. The highest BCUT2D eigenvalue weighted by Crippen LogP contribution is 2.33. The SMILES string of the molecule is Nc1ncnc2nc(-c3ccc(Cl)cc3)cc(-c3ccccc3)c12. The first-order chi connectivity index (χ1) is 11.7. The van der Waals surface area contributed by atoms with Gasteiger partial charge in [-0.2, -0.15) is 0 Å². The van der Waals surface area contributed by atoms with Gasteiger partial charge in [-0.05, 0) is 29.3 Å². The van der Waals surface area contributed by atoms with Gasteiger partial charge in [0.1, 0.15) is 12.1 Å². The van der Waals surface area contributed by atoms with E-state index in [1.807, 2.05) is 60.7 Å². The average molecular weight is 333 g/mol. The van der Waals surface area contributed by atoms with E-state index in [0.717, 1.165) is 27.8 Å². The number of hydrogen-bond donors (Lipinski definition) is 1. The van der Waals surface area contributed by atoms with Crippen molar-refractivity contribution in [3.05, 3.63) is 72.0 Å². The molecule has 5 heteroatoms. The smallest absolute Gasteiger partial charge is 0.165 e. The highest BCUT2D eigenvalue weighted by Gasteiger charge is 2.13. The minimum atomic E-state index is 0.425. The molecule has 0 saturated carbocycles. The monoisotopic (exact) mass is 332 g/mol. The van der Waals surface area contributed by atoms with E-state index in [-0.39, 0.29) is 0 Å². The first-order valence-electron chi connectivity index (χ1n) is 7.45. The predicted octanol–water partition coefficient (Wildman–Crippen LogP) is 4.59. The summed E-state index contributed by atoms with van der Waals surface area (Å²) in [5, 5.41) is 1.45. The fourth-order valence-electron chi connectivity index (χ4n) is 2.70. The van der Waals surface area contributed by atoms with E-state index < -0.39 is 0 Å². The van der Waals surface area contributed by atoms with E-state index in [2.05, 4.69) is 15.0 Å². The Morgan fingerprint density at radius 1 is 0.833 bits per heavy atom. The molecule has 24 heavy (non-hydrogen) atoms. The number of halogens is 1. The van der Waals surface area contributed by atoms with Crippen LogP contribution in [0.4, 0.5) is 5.82 Å². The predicted molar refractivity (Wildman–Crippen MR) is 97.6 cm³/mol. The number of hydrogen-bond acceptors (Lipinski definition) is 4. The average Bonchev–Trinajstić information content (AvgIpc) is 2.62. The second kappa shape index (κ2) is 5.91. The van der Waals surface area contributed by atoms with Crippen LogP contribution in [0.3, 0.4) is 0 Å². The van der Waals surface area contributed by atoms with Crippen LogP contribution in [0.2, 0.25) is 5.02 Å². The van der Waals surface area contributed by atoms with Gasteiger partial charge in [0.15, 0.2) is 5.65 Å². The Bertz CT molecular complexity index is 1010. The van der Waals surface area contributed by atoms with Gasteiger partial charge in [-0.1, -0.05) is 54.1 Å². The third-order valence-electron chi connectivity index (χ3n) is 3.86. The summed E-state index contributed by atoms with van der Waals surface area (Å²) >= 11 is 5.98. The number of rotatable bonds is 2. The summed E-state index contributed by atoms with van der Waals surface area (Å²) in [7, 11) is 0. The highest BCUT2D eigenvalue weighted by atomic mass is 35.5. The number of nitrogens with zero attached hydrogens (tertiary/aromatic N) is 3. The molecule has 0 radical (unpaired) electrons. The second-order valence-corrected chi connectivity index (χ2v) is 5.82. The zero-order valence-electron chi connectivity index (χ0n) is 12.6. The van der Waals surface area contributed by atoms with E-state index in [9.17, 15) is 0 Å². The number of aromatic nitrogens is 3. The molecule has 4 rings (SSSR count). The lowest BCUT2D eigenvalue weighted by Crippen LogP contribution is -1.98. The zero-order valence-corrected chi connectivity index (χ0v) is 13.4. The van der Waals surface area contributed by atoms with Crippen LogP contribution < -0.4 is 5.73 Å². The minimum Gasteiger partial charge on any atom is -0.383 e. The summed E-state index contributed by atoms with van der Waals surface area (Å²) in [6.45, 7) is 0. The molecule has 2 aromatic heterocycles. The van der Waals surface area contributed by atoms with Crippen molar-refractivity contribution in [2.75, 3.05) is 5.73 Å². The van der Waals surface area contributed by atoms with Crippen LogP contribution in [0.15, 0.2) is 67.0 Å². The molecular weight excluding hydrogens is 320 g/mol. The van der Waals surface area contributed by atoms with E-state index in [4.69, 9.17) is 17.3 Å². The molecule has 0 unspecified atom stereocenters. The van der Waals surface area contributed by atoms with Crippen LogP contribution >= 0.6 is 11.6 Å². The first kappa shape index (κ1) is 14.6. The molecule has 2 aromatic carbocycles. The number of fused-ring (bicyclic) bond motifs is 1. The molecule has 0 aliphatic carbocycles. The van der Waals surface area contributed by atoms with E-state index in [0.29, 0.717) is 16.5 Å². The number of nitrogen functional groups attached to an aromatic ring is 1. The van der Waals surface area contributed by atoms with Gasteiger partial charge in [-0.25, -0.2) is 15.0 Å². The van der Waals surface area contributed by atoms with Crippen LogP contribution in [-0.4, -0.2) is 15.0 Å². The van der Waals surface area contributed by atoms with Crippen LogP contribution in [0.1, 0.15) is 0 Å². The fraction of sp³-hybridized carbons (Fsp3) is 0. The highest BCUT2D eigenvalue weighted by molar-refractivity contribution is 6.30. The van der Waals surface area contributed by atoms with Crippen LogP contribution in [0.5, 0.6) is 0 Å². The Morgan fingerprint density at radius 3 is 2.33 bits per heavy atom. The first-order valence-corrected chi connectivity index (χ1v) is 7.83. The van der Waals surface area contributed by atoms with Gasteiger partial charge in [-0.3, -0.25) is 0 Å². The molecule has 116 valence electrons. The van der Waals surface area contributed by atoms with Crippen molar-refractivity contribution < 1.29 is 0 Å². The third-order valence-corrected chi connectivity index (χ3v) is 4.11. The van der Waals surface area contributed by atoms with Gasteiger partial charge >= 0.3 is 0 Å². The number of pyridine rings is 1. The molecule has 2 heterocycles. The molecule has 0 aliphatic rings. The molecule has 2 N–H and O–H groups in total. The molecule has 0 amide bonds. The molecule has 0 fully saturated rings. The summed E-state index contributed by atoms with van der Waals surface area (Å²) in [6, 6.07) is 19.6. The fourth-order valence-corrected chi connectivity index (χ4v) is 2.83. The van der Waals surface area contributed by atoms with E-state index in [1.54, 1.807) is 0 Å². The third kappa shape index (κ3) is 2.57. The van der Waals surface area contributed by atoms with E-state index >= 15 is 0 Å². The lowest BCUT2D eigenvalue weighted by atomic mass is 10.00. The normalized spacial score (nSPS) is 10.9. The number of anilines is 1. The largest absolute Gasteiger partial charge is 0.383 e. The molecule has 4 aromatic rings. The Balaban J connectivity index is 2.03. The summed E-state index contributed by atoms with van der Waals surface area (Å²) < 4.78 is 0. The molecule has 0 atom stereocenters.